The number of nitrogens with zero attached hydrogens (tertiary/aromatic N) is 1. The Kier molecular flexibility index (Phi) is 7.55. The molecule has 2 aromatic carbocycles. The van der Waals surface area contributed by atoms with Gasteiger partial charge in [0.2, 0.25) is 0 Å². The number of halogens is 2. The number of carbonyl (C=O) groups excluding carboxylic acids is 1. The van der Waals surface area contributed by atoms with Gasteiger partial charge >= 0.3 is 0 Å². The Morgan fingerprint density at radius 3 is 2.58 bits per heavy atom. The average molecular weight is 489 g/mol. The third kappa shape index (κ3) is 5.02. The first-order valence-electron chi connectivity index (χ1n) is 7.99. The molecule has 0 heterocycles. The van der Waals surface area contributed by atoms with Crippen LogP contribution >= 0.6 is 34.2 Å². The molecule has 1 amide bonds. The molecule has 0 saturated carbocycles. The molecule has 0 aliphatic heterocycles. The van der Waals surface area contributed by atoms with Crippen LogP contribution in [-0.4, -0.2) is 45.7 Å². The van der Waals surface area contributed by atoms with E-state index in [1.165, 1.54) is 7.11 Å². The van der Waals surface area contributed by atoms with E-state index in [1.807, 2.05) is 43.3 Å². The number of likely N-dealkylation sites (N-methyl/N-ethyl adjacent to an activating group) is 1. The van der Waals surface area contributed by atoms with Gasteiger partial charge < -0.3 is 19.7 Å². The van der Waals surface area contributed by atoms with Crippen LogP contribution < -0.4 is 14.8 Å². The first-order chi connectivity index (χ1) is 12.4. The van der Waals surface area contributed by atoms with Crippen LogP contribution in [0.3, 0.4) is 0 Å². The summed E-state index contributed by atoms with van der Waals surface area (Å²) in [6.45, 7) is 0.436. The Labute approximate surface area is 172 Å². The summed E-state index contributed by atoms with van der Waals surface area (Å²) in [6, 6.07) is 11.2. The van der Waals surface area contributed by atoms with Crippen LogP contribution in [0, 0.1) is 3.57 Å². The number of methoxy groups -OCH3 is 2. The highest BCUT2D eigenvalue weighted by Gasteiger charge is 2.19. The normalized spacial score (nSPS) is 12.0. The number of carbonyl (C=O) groups is 1. The van der Waals surface area contributed by atoms with Crippen molar-refractivity contribution in [3.8, 4) is 11.5 Å². The van der Waals surface area contributed by atoms with Gasteiger partial charge in [0.15, 0.2) is 0 Å². The van der Waals surface area contributed by atoms with Gasteiger partial charge in [0.05, 0.1) is 30.8 Å². The first kappa shape index (κ1) is 20.8. The number of hydrogen-bond donors (Lipinski definition) is 1. The highest BCUT2D eigenvalue weighted by Crippen LogP contribution is 2.28. The molecule has 0 aliphatic carbocycles. The molecule has 1 N–H and O–H groups in total. The lowest BCUT2D eigenvalue weighted by Crippen LogP contribution is -2.34. The van der Waals surface area contributed by atoms with E-state index in [0.29, 0.717) is 22.9 Å². The van der Waals surface area contributed by atoms with Crippen molar-refractivity contribution in [3.63, 3.8) is 0 Å². The molecule has 0 spiro atoms. The van der Waals surface area contributed by atoms with Gasteiger partial charge in [-0.15, -0.1) is 0 Å². The molecule has 0 aliphatic rings. The van der Waals surface area contributed by atoms with Crippen LogP contribution in [0.2, 0.25) is 5.02 Å². The third-order valence-electron chi connectivity index (χ3n) is 4.04. The summed E-state index contributed by atoms with van der Waals surface area (Å²) in [4.78, 5) is 14.7. The van der Waals surface area contributed by atoms with Crippen LogP contribution in [0.25, 0.3) is 0 Å². The fourth-order valence-corrected chi connectivity index (χ4v) is 3.21. The quantitative estimate of drug-likeness (QED) is 0.599. The summed E-state index contributed by atoms with van der Waals surface area (Å²) in [5.41, 5.74) is 1.48. The number of nitrogens with one attached hydrogen (secondary N) is 1. The summed E-state index contributed by atoms with van der Waals surface area (Å²) >= 11 is 8.27. The minimum Gasteiger partial charge on any atom is -0.497 e. The van der Waals surface area contributed by atoms with Crippen LogP contribution in [-0.2, 0) is 0 Å². The molecule has 26 heavy (non-hydrogen) atoms. The lowest BCUT2D eigenvalue weighted by atomic mass is 10.1. The Hall–Kier alpha value is -1.51. The molecule has 5 nitrogen and oxygen atoms in total. The first-order valence-corrected chi connectivity index (χ1v) is 9.44. The lowest BCUT2D eigenvalue weighted by Gasteiger charge is -2.25. The van der Waals surface area contributed by atoms with Crippen molar-refractivity contribution in [1.82, 2.24) is 10.2 Å². The molecule has 0 radical (unpaired) electrons. The van der Waals surface area contributed by atoms with Crippen molar-refractivity contribution in [2.24, 2.45) is 0 Å². The van der Waals surface area contributed by atoms with Gasteiger partial charge in [0.1, 0.15) is 11.5 Å². The van der Waals surface area contributed by atoms with Crippen LogP contribution in [0.1, 0.15) is 22.0 Å². The fraction of sp³-hybridized carbons (Fsp3) is 0.316. The topological polar surface area (TPSA) is 50.8 Å². The van der Waals surface area contributed by atoms with Gasteiger partial charge in [-0.25, -0.2) is 0 Å². The molecule has 2 rings (SSSR count). The van der Waals surface area contributed by atoms with Crippen LogP contribution in [0.15, 0.2) is 36.4 Å². The van der Waals surface area contributed by atoms with Crippen molar-refractivity contribution in [2.45, 2.75) is 6.04 Å². The van der Waals surface area contributed by atoms with Gasteiger partial charge in [0.25, 0.3) is 5.91 Å². The highest BCUT2D eigenvalue weighted by molar-refractivity contribution is 14.1. The van der Waals surface area contributed by atoms with Crippen LogP contribution in [0.4, 0.5) is 0 Å². The summed E-state index contributed by atoms with van der Waals surface area (Å²) in [6.07, 6.45) is 0. The van der Waals surface area contributed by atoms with Crippen molar-refractivity contribution >= 4 is 40.1 Å². The Morgan fingerprint density at radius 1 is 1.23 bits per heavy atom. The lowest BCUT2D eigenvalue weighted by molar-refractivity contribution is 0.0939. The van der Waals surface area contributed by atoms with E-state index in [9.17, 15) is 4.79 Å². The second-order valence-corrected chi connectivity index (χ2v) is 7.50. The van der Waals surface area contributed by atoms with Gasteiger partial charge in [0, 0.05) is 10.1 Å². The highest BCUT2D eigenvalue weighted by atomic mass is 127. The van der Waals surface area contributed by atoms with E-state index in [0.717, 1.165) is 14.9 Å². The number of hydrogen-bond acceptors (Lipinski definition) is 4. The maximum atomic E-state index is 12.7. The zero-order valence-electron chi connectivity index (χ0n) is 15.2. The molecule has 0 fully saturated rings. The molecular weight excluding hydrogens is 467 g/mol. The monoisotopic (exact) mass is 488 g/mol. The summed E-state index contributed by atoms with van der Waals surface area (Å²) < 4.78 is 11.5. The molecule has 140 valence electrons. The summed E-state index contributed by atoms with van der Waals surface area (Å²) in [5.74, 6) is 1.06. The molecular formula is C19H22ClIN2O3. The second-order valence-electron chi connectivity index (χ2n) is 5.93. The number of rotatable bonds is 7. The zero-order chi connectivity index (χ0) is 19.3. The largest absolute Gasteiger partial charge is 0.497 e. The van der Waals surface area contributed by atoms with Crippen molar-refractivity contribution in [3.05, 3.63) is 56.1 Å². The van der Waals surface area contributed by atoms with E-state index < -0.39 is 0 Å². The molecule has 0 saturated heterocycles. The molecule has 0 aromatic heterocycles. The minimum absolute atomic E-state index is 0.000588. The fourth-order valence-electron chi connectivity index (χ4n) is 2.61. The Bertz CT molecular complexity index is 783. The predicted molar refractivity (Wildman–Crippen MR) is 112 cm³/mol. The smallest absolute Gasteiger partial charge is 0.255 e. The standard InChI is InChI=1S/C19H22ClIN2O3/c1-23(2)17(12-6-5-7-13(8-12)25-3)11-22-19(24)14-9-15(20)16(21)10-18(14)26-4/h5-10,17H,11H2,1-4H3,(H,22,24). The van der Waals surface area contributed by atoms with Gasteiger partial charge in [-0.05, 0) is 66.5 Å². The molecule has 1 unspecified atom stereocenters. The van der Waals surface area contributed by atoms with Crippen molar-refractivity contribution in [1.29, 1.82) is 0 Å². The average Bonchev–Trinajstić information content (AvgIpc) is 2.63. The predicted octanol–water partition coefficient (Wildman–Crippen LogP) is 3.99. The molecule has 2 aromatic rings. The second kappa shape index (κ2) is 9.43. The maximum absolute atomic E-state index is 12.7. The van der Waals surface area contributed by atoms with Gasteiger partial charge in [-0.2, -0.15) is 0 Å². The van der Waals surface area contributed by atoms with E-state index in [4.69, 9.17) is 21.1 Å². The van der Waals surface area contributed by atoms with Crippen molar-refractivity contribution in [2.75, 3.05) is 34.9 Å². The zero-order valence-corrected chi connectivity index (χ0v) is 18.1. The van der Waals surface area contributed by atoms with E-state index in [-0.39, 0.29) is 11.9 Å². The van der Waals surface area contributed by atoms with Gasteiger partial charge in [-0.3, -0.25) is 4.79 Å². The molecule has 1 atom stereocenters. The SMILES string of the molecule is COc1cccc(C(CNC(=O)c2cc(Cl)c(I)cc2OC)N(C)C)c1. The van der Waals surface area contributed by atoms with E-state index in [2.05, 4.69) is 27.9 Å². The number of amides is 1. The maximum Gasteiger partial charge on any atom is 0.255 e. The summed E-state index contributed by atoms with van der Waals surface area (Å²) in [7, 11) is 7.12. The number of benzene rings is 2. The molecule has 7 heteroatoms. The Morgan fingerprint density at radius 2 is 1.96 bits per heavy atom. The molecule has 0 bridgehead atoms. The van der Waals surface area contributed by atoms with Crippen molar-refractivity contribution < 1.29 is 14.3 Å². The van der Waals surface area contributed by atoms with Gasteiger partial charge in [-0.1, -0.05) is 23.7 Å². The minimum atomic E-state index is -0.227. The third-order valence-corrected chi connectivity index (χ3v) is 5.57. The number of ether oxygens (including phenoxy) is 2. The van der Waals surface area contributed by atoms with E-state index >= 15 is 0 Å². The summed E-state index contributed by atoms with van der Waals surface area (Å²) in [5, 5.41) is 3.50. The van der Waals surface area contributed by atoms with E-state index in [1.54, 1.807) is 19.2 Å². The Balaban J connectivity index is 2.19. The van der Waals surface area contributed by atoms with Crippen LogP contribution in [0.5, 0.6) is 11.5 Å².